The second kappa shape index (κ2) is 4.98. The Morgan fingerprint density at radius 1 is 1.23 bits per heavy atom. The van der Waals surface area contributed by atoms with E-state index in [0.717, 1.165) is 17.1 Å². The number of aromatic nitrogens is 2. The van der Waals surface area contributed by atoms with E-state index in [2.05, 4.69) is 10.3 Å². The molecule has 0 saturated heterocycles. The van der Waals surface area contributed by atoms with Gasteiger partial charge in [-0.3, -0.25) is 9.59 Å². The minimum atomic E-state index is -1.00. The summed E-state index contributed by atoms with van der Waals surface area (Å²) in [5.74, 6) is -0.867. The molecular weight excluding hydrogens is 280 g/mol. The van der Waals surface area contributed by atoms with E-state index in [1.54, 1.807) is 18.5 Å². The topological polar surface area (TPSA) is 90.0 Å². The number of anilines is 1. The molecule has 0 bridgehead atoms. The molecule has 114 valence electrons. The van der Waals surface area contributed by atoms with Gasteiger partial charge in [0.1, 0.15) is 5.41 Å². The zero-order chi connectivity index (χ0) is 15.9. The van der Waals surface area contributed by atoms with Crippen molar-refractivity contribution in [1.82, 2.24) is 9.55 Å². The highest BCUT2D eigenvalue weighted by atomic mass is 16.2. The van der Waals surface area contributed by atoms with Crippen LogP contribution in [0.5, 0.6) is 0 Å². The van der Waals surface area contributed by atoms with Crippen LogP contribution < -0.4 is 11.1 Å². The molecule has 0 atom stereocenters. The summed E-state index contributed by atoms with van der Waals surface area (Å²) >= 11 is 0. The Morgan fingerprint density at radius 2 is 1.86 bits per heavy atom. The van der Waals surface area contributed by atoms with Gasteiger partial charge in [0.15, 0.2) is 0 Å². The van der Waals surface area contributed by atoms with Crippen LogP contribution in [0, 0.1) is 19.3 Å². The number of aryl methyl sites for hydroxylation is 1. The van der Waals surface area contributed by atoms with Gasteiger partial charge in [-0.15, -0.1) is 0 Å². The lowest BCUT2D eigenvalue weighted by Crippen LogP contribution is -2.36. The fraction of sp³-hybridized carbons (Fsp3) is 0.312. The molecule has 3 rings (SSSR count). The van der Waals surface area contributed by atoms with Gasteiger partial charge in [-0.25, -0.2) is 4.98 Å². The smallest absolute Gasteiger partial charge is 0.240 e. The van der Waals surface area contributed by atoms with Crippen LogP contribution in [0.15, 0.2) is 30.6 Å². The first-order valence-corrected chi connectivity index (χ1v) is 7.16. The minimum Gasteiger partial charge on any atom is -0.369 e. The molecule has 22 heavy (non-hydrogen) atoms. The molecule has 1 fully saturated rings. The number of imidazole rings is 1. The summed E-state index contributed by atoms with van der Waals surface area (Å²) in [6.07, 6.45) is 2.82. The fourth-order valence-electron chi connectivity index (χ4n) is 2.43. The summed E-state index contributed by atoms with van der Waals surface area (Å²) in [7, 11) is 0. The molecule has 6 nitrogen and oxygen atoms in total. The first-order chi connectivity index (χ1) is 10.4. The van der Waals surface area contributed by atoms with E-state index in [-0.39, 0.29) is 5.91 Å². The maximum atomic E-state index is 12.1. The first kappa shape index (κ1) is 14.3. The van der Waals surface area contributed by atoms with Gasteiger partial charge in [0.2, 0.25) is 11.8 Å². The number of hydrogen-bond donors (Lipinski definition) is 2. The molecule has 0 unspecified atom stereocenters. The third kappa shape index (κ3) is 2.26. The predicted molar refractivity (Wildman–Crippen MR) is 82.5 cm³/mol. The Hall–Kier alpha value is -2.63. The number of primary amides is 1. The third-order valence-corrected chi connectivity index (χ3v) is 4.31. The Labute approximate surface area is 128 Å². The second-order valence-electron chi connectivity index (χ2n) is 5.73. The van der Waals surface area contributed by atoms with Gasteiger partial charge in [0.25, 0.3) is 0 Å². The van der Waals surface area contributed by atoms with E-state index in [1.807, 2.05) is 30.5 Å². The zero-order valence-electron chi connectivity index (χ0n) is 12.6. The summed E-state index contributed by atoms with van der Waals surface area (Å²) in [6.45, 7) is 3.96. The molecule has 1 aromatic heterocycles. The van der Waals surface area contributed by atoms with E-state index >= 15 is 0 Å². The molecule has 1 aliphatic carbocycles. The maximum Gasteiger partial charge on any atom is 0.240 e. The van der Waals surface area contributed by atoms with E-state index in [1.165, 1.54) is 0 Å². The molecule has 1 aromatic carbocycles. The Bertz CT molecular complexity index is 742. The Kier molecular flexibility index (Phi) is 3.24. The lowest BCUT2D eigenvalue weighted by Gasteiger charge is -2.12. The standard InChI is InChI=1S/C16H18N4O2/c1-10-11(2)20(9-18-10)13-5-3-12(4-6-13)19-15(22)16(7-8-16)14(17)21/h3-6,9H,7-8H2,1-2H3,(H2,17,21)(H,19,22). The van der Waals surface area contributed by atoms with Crippen LogP contribution in [0.1, 0.15) is 24.2 Å². The fourth-order valence-corrected chi connectivity index (χ4v) is 2.43. The SMILES string of the molecule is Cc1ncn(-c2ccc(NC(=O)C3(C(N)=O)CC3)cc2)c1C. The summed E-state index contributed by atoms with van der Waals surface area (Å²) in [6, 6.07) is 7.40. The van der Waals surface area contributed by atoms with Crippen LogP contribution in [0.25, 0.3) is 5.69 Å². The Balaban J connectivity index is 1.76. The monoisotopic (exact) mass is 298 g/mol. The van der Waals surface area contributed by atoms with Crippen LogP contribution in [0.3, 0.4) is 0 Å². The lowest BCUT2D eigenvalue weighted by molar-refractivity contribution is -0.132. The maximum absolute atomic E-state index is 12.1. The van der Waals surface area contributed by atoms with Crippen molar-refractivity contribution in [2.75, 3.05) is 5.32 Å². The van der Waals surface area contributed by atoms with Crippen molar-refractivity contribution in [3.8, 4) is 5.69 Å². The quantitative estimate of drug-likeness (QED) is 0.842. The number of carbonyl (C=O) groups excluding carboxylic acids is 2. The van der Waals surface area contributed by atoms with Crippen molar-refractivity contribution in [3.05, 3.63) is 42.0 Å². The predicted octanol–water partition coefficient (Wildman–Crippen LogP) is 1.69. The van der Waals surface area contributed by atoms with Gasteiger partial charge in [0.05, 0.1) is 12.0 Å². The van der Waals surface area contributed by atoms with Crippen LogP contribution in [-0.2, 0) is 9.59 Å². The van der Waals surface area contributed by atoms with E-state index in [9.17, 15) is 9.59 Å². The summed E-state index contributed by atoms with van der Waals surface area (Å²) in [5, 5.41) is 2.76. The lowest BCUT2D eigenvalue weighted by atomic mass is 10.1. The number of hydrogen-bond acceptors (Lipinski definition) is 3. The molecule has 0 aliphatic heterocycles. The summed E-state index contributed by atoms with van der Waals surface area (Å²) in [5.41, 5.74) is 7.96. The van der Waals surface area contributed by atoms with Crippen molar-refractivity contribution in [2.24, 2.45) is 11.1 Å². The van der Waals surface area contributed by atoms with Gasteiger partial charge < -0.3 is 15.6 Å². The van der Waals surface area contributed by atoms with Crippen molar-refractivity contribution in [1.29, 1.82) is 0 Å². The molecule has 0 radical (unpaired) electrons. The van der Waals surface area contributed by atoms with Gasteiger partial charge in [-0.2, -0.15) is 0 Å². The van der Waals surface area contributed by atoms with Crippen LogP contribution in [0.2, 0.25) is 0 Å². The largest absolute Gasteiger partial charge is 0.369 e. The molecule has 2 amide bonds. The average Bonchev–Trinajstić information content (AvgIpc) is 3.24. The number of carbonyl (C=O) groups is 2. The number of nitrogens with one attached hydrogen (secondary N) is 1. The van der Waals surface area contributed by atoms with Crippen molar-refractivity contribution >= 4 is 17.5 Å². The first-order valence-electron chi connectivity index (χ1n) is 7.16. The summed E-state index contributed by atoms with van der Waals surface area (Å²) in [4.78, 5) is 27.7. The minimum absolute atomic E-state index is 0.317. The van der Waals surface area contributed by atoms with Crippen molar-refractivity contribution in [3.63, 3.8) is 0 Å². The normalized spacial score (nSPS) is 15.4. The van der Waals surface area contributed by atoms with Crippen LogP contribution in [0.4, 0.5) is 5.69 Å². The van der Waals surface area contributed by atoms with E-state index in [4.69, 9.17) is 5.73 Å². The molecular formula is C16H18N4O2. The number of nitrogens with zero attached hydrogens (tertiary/aromatic N) is 2. The molecule has 1 heterocycles. The van der Waals surface area contributed by atoms with Gasteiger partial charge in [-0.1, -0.05) is 0 Å². The van der Waals surface area contributed by atoms with Crippen molar-refractivity contribution < 1.29 is 9.59 Å². The molecule has 2 aromatic rings. The molecule has 0 spiro atoms. The highest BCUT2D eigenvalue weighted by Gasteiger charge is 2.55. The highest BCUT2D eigenvalue weighted by Crippen LogP contribution is 2.46. The third-order valence-electron chi connectivity index (χ3n) is 4.31. The number of rotatable bonds is 4. The van der Waals surface area contributed by atoms with Crippen molar-refractivity contribution in [2.45, 2.75) is 26.7 Å². The number of benzene rings is 1. The van der Waals surface area contributed by atoms with E-state index < -0.39 is 11.3 Å². The number of amides is 2. The number of nitrogens with two attached hydrogens (primary N) is 1. The summed E-state index contributed by atoms with van der Waals surface area (Å²) < 4.78 is 1.98. The average molecular weight is 298 g/mol. The zero-order valence-corrected chi connectivity index (χ0v) is 12.6. The van der Waals surface area contributed by atoms with Crippen LogP contribution in [-0.4, -0.2) is 21.4 Å². The van der Waals surface area contributed by atoms with E-state index in [0.29, 0.717) is 18.5 Å². The molecule has 1 saturated carbocycles. The van der Waals surface area contributed by atoms with Gasteiger partial charge in [0, 0.05) is 17.1 Å². The Morgan fingerprint density at radius 3 is 2.32 bits per heavy atom. The highest BCUT2D eigenvalue weighted by molar-refractivity contribution is 6.12. The van der Waals surface area contributed by atoms with Gasteiger partial charge >= 0.3 is 0 Å². The van der Waals surface area contributed by atoms with Crippen LogP contribution >= 0.6 is 0 Å². The molecule has 6 heteroatoms. The molecule has 1 aliphatic rings. The second-order valence-corrected chi connectivity index (χ2v) is 5.73. The van der Waals surface area contributed by atoms with Gasteiger partial charge in [-0.05, 0) is 51.0 Å². The molecule has 3 N–H and O–H groups in total.